The first-order valence-electron chi connectivity index (χ1n) is 8.69. The van der Waals surface area contributed by atoms with Crippen molar-refractivity contribution in [1.82, 2.24) is 4.90 Å². The summed E-state index contributed by atoms with van der Waals surface area (Å²) in [5.41, 5.74) is -0.884. The average molecular weight is 416 g/mol. The predicted molar refractivity (Wildman–Crippen MR) is 98.2 cm³/mol. The lowest BCUT2D eigenvalue weighted by Crippen LogP contribution is -2.49. The maximum Gasteiger partial charge on any atom is 0.410 e. The third-order valence-electron chi connectivity index (χ3n) is 4.15. The Morgan fingerprint density at radius 3 is 2.43 bits per heavy atom. The first-order chi connectivity index (χ1) is 12.9. The van der Waals surface area contributed by atoms with Crippen molar-refractivity contribution in [1.29, 1.82) is 0 Å². The number of benzene rings is 1. The van der Waals surface area contributed by atoms with Crippen LogP contribution in [0.1, 0.15) is 27.2 Å². The van der Waals surface area contributed by atoms with E-state index in [0.29, 0.717) is 13.0 Å². The van der Waals surface area contributed by atoms with Crippen LogP contribution in [0, 0.1) is 16.0 Å². The summed E-state index contributed by atoms with van der Waals surface area (Å²) in [4.78, 5) is 23.2. The highest BCUT2D eigenvalue weighted by Gasteiger charge is 2.33. The number of carbonyl (C=O) groups is 1. The normalized spacial score (nSPS) is 20.6. The molecular weight excluding hydrogens is 392 g/mol. The van der Waals surface area contributed by atoms with Crippen molar-refractivity contribution in [3.8, 4) is 0 Å². The maximum atomic E-state index is 12.2. The minimum atomic E-state index is -4.12. The quantitative estimate of drug-likeness (QED) is 0.437. The molecule has 1 aliphatic heterocycles. The van der Waals surface area contributed by atoms with E-state index in [1.54, 1.807) is 20.8 Å². The standard InChI is InChI=1S/C17H24N2O8S/c1-17(2,3)27-16(21)18-9-8-12(15(20)10-18)11-26-28(24,25)14-6-4-13(5-7-14)19(22)23/h4-7,12,15,20H,8-11H2,1-3H3/t12-,15+/m1/s1. The number of β-amino-alcohol motifs (C(OH)–C–C–N with tert-alkyl or cyclic N) is 1. The molecular formula is C17H24N2O8S. The van der Waals surface area contributed by atoms with Gasteiger partial charge in [0.25, 0.3) is 15.8 Å². The van der Waals surface area contributed by atoms with Crippen molar-refractivity contribution in [2.75, 3.05) is 19.7 Å². The fourth-order valence-electron chi connectivity index (χ4n) is 2.65. The number of non-ortho nitro benzene ring substituents is 1. The highest BCUT2D eigenvalue weighted by atomic mass is 32.2. The molecule has 28 heavy (non-hydrogen) atoms. The number of nitrogens with zero attached hydrogens (tertiary/aromatic N) is 2. The molecule has 2 atom stereocenters. The number of piperidine rings is 1. The van der Waals surface area contributed by atoms with Crippen LogP contribution in [0.15, 0.2) is 29.2 Å². The van der Waals surface area contributed by atoms with Gasteiger partial charge in [0, 0.05) is 24.6 Å². The lowest BCUT2D eigenvalue weighted by atomic mass is 9.95. The van der Waals surface area contributed by atoms with Crippen molar-refractivity contribution >= 4 is 21.9 Å². The molecule has 0 bridgehead atoms. The lowest BCUT2D eigenvalue weighted by molar-refractivity contribution is -0.384. The fourth-order valence-corrected chi connectivity index (χ4v) is 3.61. The SMILES string of the molecule is CC(C)(C)OC(=O)N1CC[C@H](COS(=O)(=O)c2ccc([N+](=O)[O-])cc2)[C@@H](O)C1. The number of hydrogen-bond donors (Lipinski definition) is 1. The van der Waals surface area contributed by atoms with Gasteiger partial charge in [0.05, 0.1) is 29.1 Å². The Morgan fingerprint density at radius 2 is 1.93 bits per heavy atom. The van der Waals surface area contributed by atoms with Gasteiger partial charge in [-0.1, -0.05) is 0 Å². The summed E-state index contributed by atoms with van der Waals surface area (Å²) in [5, 5.41) is 20.9. The molecule has 0 radical (unpaired) electrons. The van der Waals surface area contributed by atoms with Crippen LogP contribution in [0.4, 0.5) is 10.5 Å². The van der Waals surface area contributed by atoms with E-state index in [9.17, 15) is 28.4 Å². The molecule has 1 aromatic carbocycles. The molecule has 0 unspecified atom stereocenters. The van der Waals surface area contributed by atoms with Gasteiger partial charge in [0.1, 0.15) is 5.60 Å². The van der Waals surface area contributed by atoms with Crippen molar-refractivity contribution in [3.63, 3.8) is 0 Å². The Balaban J connectivity index is 1.92. The van der Waals surface area contributed by atoms with E-state index in [-0.39, 0.29) is 23.7 Å². The van der Waals surface area contributed by atoms with Gasteiger partial charge in [-0.05, 0) is 39.3 Å². The second-order valence-electron chi connectivity index (χ2n) is 7.53. The zero-order valence-electron chi connectivity index (χ0n) is 15.9. The van der Waals surface area contributed by atoms with Crippen LogP contribution in [0.25, 0.3) is 0 Å². The van der Waals surface area contributed by atoms with E-state index in [2.05, 4.69) is 0 Å². The molecule has 0 spiro atoms. The van der Waals surface area contributed by atoms with E-state index in [0.717, 1.165) is 24.3 Å². The zero-order valence-corrected chi connectivity index (χ0v) is 16.7. The monoisotopic (exact) mass is 416 g/mol. The van der Waals surface area contributed by atoms with Crippen LogP contribution >= 0.6 is 0 Å². The molecule has 10 nitrogen and oxygen atoms in total. The molecule has 11 heteroatoms. The molecule has 1 fully saturated rings. The molecule has 0 saturated carbocycles. The van der Waals surface area contributed by atoms with Crippen LogP contribution in [0.5, 0.6) is 0 Å². The molecule has 1 aromatic rings. The summed E-state index contributed by atoms with van der Waals surface area (Å²) in [7, 11) is -4.12. The van der Waals surface area contributed by atoms with E-state index in [1.165, 1.54) is 4.90 Å². The first-order valence-corrected chi connectivity index (χ1v) is 10.1. The zero-order chi connectivity index (χ0) is 21.1. The number of likely N-dealkylation sites (tertiary alicyclic amines) is 1. The van der Waals surface area contributed by atoms with E-state index >= 15 is 0 Å². The lowest BCUT2D eigenvalue weighted by Gasteiger charge is -2.36. The molecule has 1 heterocycles. The molecule has 1 saturated heterocycles. The highest BCUT2D eigenvalue weighted by molar-refractivity contribution is 7.86. The van der Waals surface area contributed by atoms with Crippen molar-refractivity contribution in [3.05, 3.63) is 34.4 Å². The first kappa shape index (κ1) is 22.1. The minimum Gasteiger partial charge on any atom is -0.444 e. The number of rotatable bonds is 5. The largest absolute Gasteiger partial charge is 0.444 e. The average Bonchev–Trinajstić information content (AvgIpc) is 2.59. The summed E-state index contributed by atoms with van der Waals surface area (Å²) in [6, 6.07) is 4.33. The number of aliphatic hydroxyl groups is 1. The van der Waals surface area contributed by atoms with Gasteiger partial charge in [-0.2, -0.15) is 8.42 Å². The number of ether oxygens (including phenoxy) is 1. The number of amides is 1. The van der Waals surface area contributed by atoms with E-state index in [4.69, 9.17) is 8.92 Å². The summed E-state index contributed by atoms with van der Waals surface area (Å²) in [5.74, 6) is -0.480. The number of hydrogen-bond acceptors (Lipinski definition) is 8. The van der Waals surface area contributed by atoms with Gasteiger partial charge in [0.2, 0.25) is 0 Å². The van der Waals surface area contributed by atoms with E-state index in [1.807, 2.05) is 0 Å². The second-order valence-corrected chi connectivity index (χ2v) is 9.15. The smallest absolute Gasteiger partial charge is 0.410 e. The Kier molecular flexibility index (Phi) is 6.63. The Bertz CT molecular complexity index is 817. The van der Waals surface area contributed by atoms with Crippen LogP contribution in [-0.2, 0) is 19.0 Å². The molecule has 0 aromatic heterocycles. The molecule has 1 amide bonds. The maximum absolute atomic E-state index is 12.2. The topological polar surface area (TPSA) is 136 Å². The molecule has 2 rings (SSSR count). The van der Waals surface area contributed by atoms with Crippen molar-refractivity contribution in [2.24, 2.45) is 5.92 Å². The predicted octanol–water partition coefficient (Wildman–Crippen LogP) is 1.92. The van der Waals surface area contributed by atoms with Gasteiger partial charge >= 0.3 is 6.09 Å². The number of nitro benzene ring substituents is 1. The number of aliphatic hydroxyl groups excluding tert-OH is 1. The Labute approximate surface area is 163 Å². The number of nitro groups is 1. The Hall–Kier alpha value is -2.24. The third kappa shape index (κ3) is 5.88. The molecule has 1 N–H and O–H groups in total. The van der Waals surface area contributed by atoms with Gasteiger partial charge in [-0.15, -0.1) is 0 Å². The van der Waals surface area contributed by atoms with Crippen molar-refractivity contribution in [2.45, 2.75) is 43.8 Å². The van der Waals surface area contributed by atoms with Gasteiger partial charge < -0.3 is 14.7 Å². The summed E-state index contributed by atoms with van der Waals surface area (Å²) >= 11 is 0. The van der Waals surface area contributed by atoms with Crippen LogP contribution in [-0.4, -0.2) is 60.8 Å². The third-order valence-corrected chi connectivity index (χ3v) is 5.44. The fraction of sp³-hybridized carbons (Fsp3) is 0.588. The summed E-state index contributed by atoms with van der Waals surface area (Å²) in [6.07, 6.45) is -1.16. The summed E-state index contributed by atoms with van der Waals surface area (Å²) < 4.78 is 34.7. The summed E-state index contributed by atoms with van der Waals surface area (Å²) in [6.45, 7) is 5.28. The van der Waals surface area contributed by atoms with Gasteiger partial charge in [0.15, 0.2) is 0 Å². The van der Waals surface area contributed by atoms with Crippen LogP contribution in [0.2, 0.25) is 0 Å². The Morgan fingerprint density at radius 1 is 1.32 bits per heavy atom. The second kappa shape index (κ2) is 8.41. The molecule has 1 aliphatic rings. The van der Waals surface area contributed by atoms with E-state index < -0.39 is 38.8 Å². The van der Waals surface area contributed by atoms with Crippen molar-refractivity contribution < 1.29 is 32.2 Å². The number of carbonyl (C=O) groups excluding carboxylic acids is 1. The molecule has 156 valence electrons. The highest BCUT2D eigenvalue weighted by Crippen LogP contribution is 2.23. The van der Waals surface area contributed by atoms with Gasteiger partial charge in [-0.3, -0.25) is 14.3 Å². The van der Waals surface area contributed by atoms with Crippen LogP contribution < -0.4 is 0 Å². The minimum absolute atomic E-state index is 0.0144. The molecule has 0 aliphatic carbocycles. The van der Waals surface area contributed by atoms with Gasteiger partial charge in [-0.25, -0.2) is 4.79 Å². The van der Waals surface area contributed by atoms with Crippen LogP contribution in [0.3, 0.4) is 0 Å².